The van der Waals surface area contributed by atoms with Gasteiger partial charge in [-0.2, -0.15) is 0 Å². The van der Waals surface area contributed by atoms with E-state index in [1.807, 2.05) is 29.2 Å². The van der Waals surface area contributed by atoms with Gasteiger partial charge in [-0.05, 0) is 24.1 Å². The Morgan fingerprint density at radius 2 is 1.52 bits per heavy atom. The van der Waals surface area contributed by atoms with E-state index in [1.54, 1.807) is 14.2 Å². The van der Waals surface area contributed by atoms with Gasteiger partial charge in [-0.25, -0.2) is 0 Å². The Morgan fingerprint density at radius 3 is 2.11 bits per heavy atom. The molecule has 0 bridgehead atoms. The molecular formula is C22H28N2O3. The summed E-state index contributed by atoms with van der Waals surface area (Å²) in [7, 11) is 3.29. The molecule has 1 saturated heterocycles. The first kappa shape index (κ1) is 19.2. The molecule has 3 rings (SSSR count). The van der Waals surface area contributed by atoms with Crippen LogP contribution in [0.15, 0.2) is 48.5 Å². The zero-order chi connectivity index (χ0) is 19.1. The summed E-state index contributed by atoms with van der Waals surface area (Å²) in [6, 6.07) is 16.2. The molecule has 1 fully saturated rings. The average molecular weight is 368 g/mol. The summed E-state index contributed by atoms with van der Waals surface area (Å²) in [4.78, 5) is 17.0. The van der Waals surface area contributed by atoms with E-state index in [0.717, 1.165) is 49.8 Å². The van der Waals surface area contributed by atoms with Crippen LogP contribution < -0.4 is 9.47 Å². The van der Waals surface area contributed by atoms with Gasteiger partial charge in [0.2, 0.25) is 5.91 Å². The molecule has 1 amide bonds. The number of piperazine rings is 1. The first-order valence-electron chi connectivity index (χ1n) is 9.45. The standard InChI is InChI=1S/C22H28N2O3/c1-26-20-9-6-10-21(27-2)19(20)11-12-22(25)24-15-13-23(14-16-24)17-18-7-4-3-5-8-18/h3-10H,11-17H2,1-2H3. The number of hydrogen-bond acceptors (Lipinski definition) is 4. The van der Waals surface area contributed by atoms with Gasteiger partial charge in [0.05, 0.1) is 14.2 Å². The second kappa shape index (κ2) is 9.42. The number of ether oxygens (including phenoxy) is 2. The number of carbonyl (C=O) groups is 1. The van der Waals surface area contributed by atoms with Gasteiger partial charge in [-0.3, -0.25) is 9.69 Å². The summed E-state index contributed by atoms with van der Waals surface area (Å²) in [5, 5.41) is 0. The van der Waals surface area contributed by atoms with Crippen molar-refractivity contribution in [2.24, 2.45) is 0 Å². The molecule has 2 aromatic carbocycles. The van der Waals surface area contributed by atoms with E-state index in [4.69, 9.17) is 9.47 Å². The SMILES string of the molecule is COc1cccc(OC)c1CCC(=O)N1CCN(Cc2ccccc2)CC1. The van der Waals surface area contributed by atoms with Crippen molar-refractivity contribution in [2.45, 2.75) is 19.4 Å². The molecule has 0 atom stereocenters. The predicted octanol–water partition coefficient (Wildman–Crippen LogP) is 2.98. The van der Waals surface area contributed by atoms with Gasteiger partial charge in [0.15, 0.2) is 0 Å². The zero-order valence-corrected chi connectivity index (χ0v) is 16.2. The van der Waals surface area contributed by atoms with Gasteiger partial charge in [0.25, 0.3) is 0 Å². The molecule has 0 spiro atoms. The Labute approximate surface area is 161 Å². The molecule has 0 unspecified atom stereocenters. The van der Waals surface area contributed by atoms with E-state index in [-0.39, 0.29) is 5.91 Å². The van der Waals surface area contributed by atoms with Crippen LogP contribution in [-0.4, -0.2) is 56.1 Å². The monoisotopic (exact) mass is 368 g/mol. The quantitative estimate of drug-likeness (QED) is 0.754. The van der Waals surface area contributed by atoms with Gasteiger partial charge in [0, 0.05) is 44.7 Å². The molecule has 0 aliphatic carbocycles. The Kier molecular flexibility index (Phi) is 6.71. The van der Waals surface area contributed by atoms with Crippen LogP contribution in [0.2, 0.25) is 0 Å². The number of hydrogen-bond donors (Lipinski definition) is 0. The third-order valence-electron chi connectivity index (χ3n) is 5.09. The van der Waals surface area contributed by atoms with Gasteiger partial charge < -0.3 is 14.4 Å². The van der Waals surface area contributed by atoms with Crippen LogP contribution in [0, 0.1) is 0 Å². The fourth-order valence-electron chi connectivity index (χ4n) is 3.56. The van der Waals surface area contributed by atoms with Crippen molar-refractivity contribution in [3.63, 3.8) is 0 Å². The molecule has 0 saturated carbocycles. The first-order chi connectivity index (χ1) is 13.2. The van der Waals surface area contributed by atoms with E-state index in [9.17, 15) is 4.79 Å². The first-order valence-corrected chi connectivity index (χ1v) is 9.45. The van der Waals surface area contributed by atoms with Crippen LogP contribution >= 0.6 is 0 Å². The van der Waals surface area contributed by atoms with Crippen LogP contribution in [-0.2, 0) is 17.8 Å². The second-order valence-corrected chi connectivity index (χ2v) is 6.78. The van der Waals surface area contributed by atoms with E-state index in [1.165, 1.54) is 5.56 Å². The maximum Gasteiger partial charge on any atom is 0.222 e. The van der Waals surface area contributed by atoms with Gasteiger partial charge in [0.1, 0.15) is 11.5 Å². The van der Waals surface area contributed by atoms with Crippen molar-refractivity contribution in [1.82, 2.24) is 9.80 Å². The molecule has 0 radical (unpaired) electrons. The highest BCUT2D eigenvalue weighted by Gasteiger charge is 2.21. The Hall–Kier alpha value is -2.53. The molecule has 144 valence electrons. The van der Waals surface area contributed by atoms with Crippen molar-refractivity contribution in [2.75, 3.05) is 40.4 Å². The van der Waals surface area contributed by atoms with E-state index < -0.39 is 0 Å². The summed E-state index contributed by atoms with van der Waals surface area (Å²) in [5.41, 5.74) is 2.28. The summed E-state index contributed by atoms with van der Waals surface area (Å²) < 4.78 is 10.8. The molecule has 0 aromatic heterocycles. The normalized spacial score (nSPS) is 14.8. The Morgan fingerprint density at radius 1 is 0.889 bits per heavy atom. The molecule has 1 aliphatic rings. The van der Waals surface area contributed by atoms with E-state index in [0.29, 0.717) is 12.8 Å². The fraction of sp³-hybridized carbons (Fsp3) is 0.409. The Bertz CT molecular complexity index is 718. The summed E-state index contributed by atoms with van der Waals surface area (Å²) in [6.07, 6.45) is 1.09. The smallest absolute Gasteiger partial charge is 0.222 e. The number of nitrogens with zero attached hydrogens (tertiary/aromatic N) is 2. The van der Waals surface area contributed by atoms with Crippen molar-refractivity contribution >= 4 is 5.91 Å². The molecule has 1 heterocycles. The number of rotatable bonds is 7. The van der Waals surface area contributed by atoms with Crippen molar-refractivity contribution in [3.05, 3.63) is 59.7 Å². The van der Waals surface area contributed by atoms with Crippen LogP contribution in [0.4, 0.5) is 0 Å². The van der Waals surface area contributed by atoms with Crippen LogP contribution in [0.5, 0.6) is 11.5 Å². The van der Waals surface area contributed by atoms with Crippen molar-refractivity contribution in [3.8, 4) is 11.5 Å². The number of benzene rings is 2. The highest BCUT2D eigenvalue weighted by molar-refractivity contribution is 5.76. The lowest BCUT2D eigenvalue weighted by Crippen LogP contribution is -2.48. The van der Waals surface area contributed by atoms with Crippen LogP contribution in [0.1, 0.15) is 17.5 Å². The maximum atomic E-state index is 12.7. The molecule has 27 heavy (non-hydrogen) atoms. The molecule has 0 N–H and O–H groups in total. The molecule has 5 heteroatoms. The van der Waals surface area contributed by atoms with Crippen molar-refractivity contribution < 1.29 is 14.3 Å². The van der Waals surface area contributed by atoms with Gasteiger partial charge in [-0.1, -0.05) is 36.4 Å². The fourth-order valence-corrected chi connectivity index (χ4v) is 3.56. The molecule has 1 aliphatic heterocycles. The highest BCUT2D eigenvalue weighted by Crippen LogP contribution is 2.29. The van der Waals surface area contributed by atoms with Crippen molar-refractivity contribution in [1.29, 1.82) is 0 Å². The lowest BCUT2D eigenvalue weighted by Gasteiger charge is -2.35. The minimum Gasteiger partial charge on any atom is -0.496 e. The lowest BCUT2D eigenvalue weighted by molar-refractivity contribution is -0.133. The lowest BCUT2D eigenvalue weighted by atomic mass is 10.1. The minimum absolute atomic E-state index is 0.197. The third kappa shape index (κ3) is 5.01. The van der Waals surface area contributed by atoms with E-state index >= 15 is 0 Å². The number of methoxy groups -OCH3 is 2. The number of carbonyl (C=O) groups excluding carboxylic acids is 1. The molecule has 5 nitrogen and oxygen atoms in total. The molecular weight excluding hydrogens is 340 g/mol. The van der Waals surface area contributed by atoms with Crippen LogP contribution in [0.3, 0.4) is 0 Å². The molecule has 2 aromatic rings. The van der Waals surface area contributed by atoms with Crippen LogP contribution in [0.25, 0.3) is 0 Å². The highest BCUT2D eigenvalue weighted by atomic mass is 16.5. The summed E-state index contributed by atoms with van der Waals surface area (Å²) >= 11 is 0. The summed E-state index contributed by atoms with van der Waals surface area (Å²) in [5.74, 6) is 1.74. The minimum atomic E-state index is 0.197. The number of amides is 1. The predicted molar refractivity (Wildman–Crippen MR) is 106 cm³/mol. The third-order valence-corrected chi connectivity index (χ3v) is 5.09. The average Bonchev–Trinajstić information content (AvgIpc) is 2.73. The summed E-state index contributed by atoms with van der Waals surface area (Å²) in [6.45, 7) is 4.35. The second-order valence-electron chi connectivity index (χ2n) is 6.78. The topological polar surface area (TPSA) is 42.0 Å². The largest absolute Gasteiger partial charge is 0.496 e. The Balaban J connectivity index is 1.50. The van der Waals surface area contributed by atoms with Gasteiger partial charge in [-0.15, -0.1) is 0 Å². The zero-order valence-electron chi connectivity index (χ0n) is 16.2. The van der Waals surface area contributed by atoms with Gasteiger partial charge >= 0.3 is 0 Å². The van der Waals surface area contributed by atoms with E-state index in [2.05, 4.69) is 29.2 Å². The maximum absolute atomic E-state index is 12.7.